The van der Waals surface area contributed by atoms with E-state index in [1.807, 2.05) is 6.07 Å². The molecule has 9 nitrogen and oxygen atoms in total. The van der Waals surface area contributed by atoms with Crippen LogP contribution < -0.4 is 15.4 Å². The van der Waals surface area contributed by atoms with Crippen LogP contribution in [0.25, 0.3) is 11.3 Å². The van der Waals surface area contributed by atoms with E-state index >= 15 is 0 Å². The zero-order valence-electron chi connectivity index (χ0n) is 14.4. The lowest BCUT2D eigenvalue weighted by Crippen LogP contribution is -2.25. The Bertz CT molecular complexity index is 1140. The summed E-state index contributed by atoms with van der Waals surface area (Å²) in [4.78, 5) is 27.0. The summed E-state index contributed by atoms with van der Waals surface area (Å²) in [6.07, 6.45) is 0.901. The molecule has 0 aliphatic carbocycles. The number of hydrogen-bond donors (Lipinski definition) is 3. The highest BCUT2D eigenvalue weighted by Gasteiger charge is 2.18. The number of anilines is 1. The molecule has 0 saturated heterocycles. The average molecular weight is 383 g/mol. The Hall–Kier alpha value is -3.95. The SMILES string of the molecule is C=C(NCc1ccc2c(c1)NC(=O)CO2)c1cc(C(=O)O)n2ncc(F)c2n1. The Kier molecular flexibility index (Phi) is 4.15. The van der Waals surface area contributed by atoms with Crippen LogP contribution in [-0.4, -0.2) is 38.2 Å². The van der Waals surface area contributed by atoms with E-state index in [1.165, 1.54) is 6.07 Å². The first-order valence-electron chi connectivity index (χ1n) is 8.18. The number of carboxylic acids is 1. The third-order valence-electron chi connectivity index (χ3n) is 4.14. The fourth-order valence-electron chi connectivity index (χ4n) is 2.78. The Morgan fingerprint density at radius 3 is 3.04 bits per heavy atom. The zero-order chi connectivity index (χ0) is 19.8. The van der Waals surface area contributed by atoms with Crippen molar-refractivity contribution in [1.82, 2.24) is 19.9 Å². The summed E-state index contributed by atoms with van der Waals surface area (Å²) in [6.45, 7) is 4.14. The number of aromatic carboxylic acids is 1. The van der Waals surface area contributed by atoms with E-state index in [0.717, 1.165) is 16.3 Å². The van der Waals surface area contributed by atoms with Gasteiger partial charge in [0.25, 0.3) is 5.91 Å². The molecule has 28 heavy (non-hydrogen) atoms. The van der Waals surface area contributed by atoms with Crippen LogP contribution in [0.15, 0.2) is 37.0 Å². The summed E-state index contributed by atoms with van der Waals surface area (Å²) in [7, 11) is 0. The van der Waals surface area contributed by atoms with Gasteiger partial charge in [-0.05, 0) is 23.8 Å². The summed E-state index contributed by atoms with van der Waals surface area (Å²) < 4.78 is 20.1. The summed E-state index contributed by atoms with van der Waals surface area (Å²) in [5.74, 6) is -1.65. The number of nitrogens with zero attached hydrogens (tertiary/aromatic N) is 3. The molecule has 3 aromatic rings. The van der Waals surface area contributed by atoms with Gasteiger partial charge in [-0.15, -0.1) is 0 Å². The fourth-order valence-corrected chi connectivity index (χ4v) is 2.78. The first-order chi connectivity index (χ1) is 13.4. The van der Waals surface area contributed by atoms with Gasteiger partial charge in [-0.3, -0.25) is 4.79 Å². The Morgan fingerprint density at radius 2 is 2.25 bits per heavy atom. The molecule has 142 valence electrons. The van der Waals surface area contributed by atoms with Crippen molar-refractivity contribution in [3.63, 3.8) is 0 Å². The van der Waals surface area contributed by atoms with Gasteiger partial charge in [-0.2, -0.15) is 5.10 Å². The second kappa shape index (κ2) is 6.65. The topological polar surface area (TPSA) is 118 Å². The average Bonchev–Trinajstić information content (AvgIpc) is 3.05. The molecule has 0 unspecified atom stereocenters. The summed E-state index contributed by atoms with van der Waals surface area (Å²) in [6, 6.07) is 6.57. The number of benzene rings is 1. The molecule has 4 rings (SSSR count). The van der Waals surface area contributed by atoms with E-state index in [2.05, 4.69) is 27.3 Å². The van der Waals surface area contributed by atoms with Crippen LogP contribution in [0.4, 0.5) is 10.1 Å². The van der Waals surface area contributed by atoms with Gasteiger partial charge >= 0.3 is 5.97 Å². The highest BCUT2D eigenvalue weighted by molar-refractivity contribution is 5.95. The van der Waals surface area contributed by atoms with Crippen molar-refractivity contribution in [3.05, 3.63) is 59.8 Å². The predicted octanol–water partition coefficient (Wildman–Crippen LogP) is 1.66. The number of carbonyl (C=O) groups is 2. The first kappa shape index (κ1) is 17.5. The van der Waals surface area contributed by atoms with Gasteiger partial charge in [-0.25, -0.2) is 18.7 Å². The van der Waals surface area contributed by atoms with Crippen molar-refractivity contribution >= 4 is 28.9 Å². The van der Waals surface area contributed by atoms with E-state index in [9.17, 15) is 19.1 Å². The molecule has 1 aromatic carbocycles. The summed E-state index contributed by atoms with van der Waals surface area (Å²) in [5, 5.41) is 18.8. The van der Waals surface area contributed by atoms with E-state index in [1.54, 1.807) is 12.1 Å². The van der Waals surface area contributed by atoms with E-state index in [-0.39, 0.29) is 29.5 Å². The Balaban J connectivity index is 1.56. The van der Waals surface area contributed by atoms with Crippen molar-refractivity contribution in [1.29, 1.82) is 0 Å². The number of nitrogens with one attached hydrogen (secondary N) is 2. The monoisotopic (exact) mass is 383 g/mol. The first-order valence-corrected chi connectivity index (χ1v) is 8.18. The molecule has 2 aromatic heterocycles. The largest absolute Gasteiger partial charge is 0.482 e. The van der Waals surface area contributed by atoms with Crippen LogP contribution in [0.1, 0.15) is 21.7 Å². The van der Waals surface area contributed by atoms with Gasteiger partial charge in [0, 0.05) is 6.54 Å². The maximum Gasteiger partial charge on any atom is 0.354 e. The molecule has 0 spiro atoms. The van der Waals surface area contributed by atoms with Crippen molar-refractivity contribution in [2.75, 3.05) is 11.9 Å². The molecular formula is C18H14FN5O4. The number of hydrogen-bond acceptors (Lipinski definition) is 6. The second-order valence-electron chi connectivity index (χ2n) is 6.06. The molecule has 0 saturated carbocycles. The maximum absolute atomic E-state index is 13.8. The minimum Gasteiger partial charge on any atom is -0.482 e. The molecule has 1 aliphatic heterocycles. The lowest BCUT2D eigenvalue weighted by molar-refractivity contribution is -0.118. The number of ether oxygens (including phenoxy) is 1. The van der Waals surface area contributed by atoms with Crippen molar-refractivity contribution in [3.8, 4) is 5.75 Å². The number of carbonyl (C=O) groups excluding carboxylic acids is 1. The lowest BCUT2D eigenvalue weighted by Gasteiger charge is -2.19. The quantitative estimate of drug-likeness (QED) is 0.613. The lowest BCUT2D eigenvalue weighted by atomic mass is 10.1. The fraction of sp³-hybridized carbons (Fsp3) is 0.111. The minimum atomic E-state index is -1.27. The van der Waals surface area contributed by atoms with Gasteiger partial charge in [0.2, 0.25) is 0 Å². The Morgan fingerprint density at radius 1 is 1.43 bits per heavy atom. The highest BCUT2D eigenvalue weighted by atomic mass is 19.1. The molecule has 1 aliphatic rings. The maximum atomic E-state index is 13.8. The standard InChI is InChI=1S/C18H14FN5O4/c1-9(12-5-14(18(26)27)24-17(23-12)11(19)7-21-24)20-6-10-2-3-15-13(4-10)22-16(25)8-28-15/h2-5,7,20H,1,6,8H2,(H,22,25)(H,26,27). The van der Waals surface area contributed by atoms with Gasteiger partial charge in [0.05, 0.1) is 23.3 Å². The highest BCUT2D eigenvalue weighted by Crippen LogP contribution is 2.28. The van der Waals surface area contributed by atoms with Gasteiger partial charge in [0.15, 0.2) is 23.8 Å². The number of halogens is 1. The predicted molar refractivity (Wildman–Crippen MR) is 96.3 cm³/mol. The van der Waals surface area contributed by atoms with E-state index < -0.39 is 11.8 Å². The number of fused-ring (bicyclic) bond motifs is 2. The molecule has 3 heterocycles. The zero-order valence-corrected chi connectivity index (χ0v) is 14.4. The van der Waals surface area contributed by atoms with Crippen LogP contribution in [0, 0.1) is 5.82 Å². The summed E-state index contributed by atoms with van der Waals surface area (Å²) >= 11 is 0. The molecular weight excluding hydrogens is 369 g/mol. The van der Waals surface area contributed by atoms with Gasteiger partial charge < -0.3 is 20.5 Å². The van der Waals surface area contributed by atoms with E-state index in [0.29, 0.717) is 23.7 Å². The van der Waals surface area contributed by atoms with Crippen molar-refractivity contribution < 1.29 is 23.8 Å². The molecule has 3 N–H and O–H groups in total. The minimum absolute atomic E-state index is 0.0212. The number of carboxylic acid groups (broad SMARTS) is 1. The van der Waals surface area contributed by atoms with Crippen molar-refractivity contribution in [2.45, 2.75) is 6.54 Å². The van der Waals surface area contributed by atoms with Gasteiger partial charge in [0.1, 0.15) is 5.75 Å². The van der Waals surface area contributed by atoms with Crippen molar-refractivity contribution in [2.24, 2.45) is 0 Å². The third kappa shape index (κ3) is 3.11. The van der Waals surface area contributed by atoms with Crippen LogP contribution in [-0.2, 0) is 11.3 Å². The normalized spacial score (nSPS) is 12.8. The van der Waals surface area contributed by atoms with Crippen LogP contribution in [0.3, 0.4) is 0 Å². The second-order valence-corrected chi connectivity index (χ2v) is 6.06. The number of rotatable bonds is 5. The van der Waals surface area contributed by atoms with E-state index in [4.69, 9.17) is 4.74 Å². The summed E-state index contributed by atoms with van der Waals surface area (Å²) in [5.41, 5.74) is 1.44. The van der Waals surface area contributed by atoms with Gasteiger partial charge in [-0.1, -0.05) is 12.6 Å². The molecule has 10 heteroatoms. The third-order valence-corrected chi connectivity index (χ3v) is 4.14. The van der Waals surface area contributed by atoms with Crippen LogP contribution in [0.2, 0.25) is 0 Å². The molecule has 1 amide bonds. The molecule has 0 radical (unpaired) electrons. The molecule has 0 fully saturated rings. The molecule has 0 atom stereocenters. The number of amides is 1. The van der Waals surface area contributed by atoms with Crippen LogP contribution in [0.5, 0.6) is 5.75 Å². The number of aromatic nitrogens is 3. The smallest absolute Gasteiger partial charge is 0.354 e. The van der Waals surface area contributed by atoms with Crippen LogP contribution >= 0.6 is 0 Å². The Labute approximate surface area is 157 Å². The molecule has 0 bridgehead atoms.